The van der Waals surface area contributed by atoms with Crippen LogP contribution in [-0.2, 0) is 4.79 Å². The molecule has 1 fully saturated rings. The Morgan fingerprint density at radius 1 is 1.44 bits per heavy atom. The van der Waals surface area contributed by atoms with E-state index in [1.165, 1.54) is 30.1 Å². The Morgan fingerprint density at radius 3 is 2.61 bits per heavy atom. The number of nitro benzene ring substituents is 1. The number of thiocarbonyl (C=S) groups is 1. The van der Waals surface area contributed by atoms with E-state index in [4.69, 9.17) is 12.2 Å². The molecular weight excluding hydrogens is 274 g/mol. The number of nitro groups is 1. The second kappa shape index (κ2) is 5.23. The molecule has 0 atom stereocenters. The van der Waals surface area contributed by atoms with Crippen LogP contribution in [0.5, 0.6) is 0 Å². The maximum atomic E-state index is 11.4. The van der Waals surface area contributed by atoms with Gasteiger partial charge >= 0.3 is 0 Å². The summed E-state index contributed by atoms with van der Waals surface area (Å²) in [5.41, 5.74) is 0.670. The number of rotatable bonds is 3. The van der Waals surface area contributed by atoms with Crippen molar-refractivity contribution < 1.29 is 9.72 Å². The Bertz CT molecular complexity index is 526. The van der Waals surface area contributed by atoms with Gasteiger partial charge in [-0.1, -0.05) is 24.0 Å². The Hall–Kier alpha value is -1.80. The van der Waals surface area contributed by atoms with Crippen LogP contribution in [0.1, 0.15) is 5.56 Å². The molecule has 0 N–H and O–H groups in total. The quantitative estimate of drug-likeness (QED) is 0.365. The van der Waals surface area contributed by atoms with Crippen molar-refractivity contribution in [3.05, 3.63) is 39.9 Å². The molecular formula is C10H7N3O3S2. The fraction of sp³-hybridized carbons (Fsp3) is 0.100. The molecule has 1 aliphatic rings. The average Bonchev–Trinajstić information content (AvgIpc) is 2.67. The zero-order chi connectivity index (χ0) is 13.1. The lowest BCUT2D eigenvalue weighted by molar-refractivity contribution is -0.384. The molecule has 0 spiro atoms. The Balaban J connectivity index is 2.11. The molecule has 1 heterocycles. The maximum Gasteiger partial charge on any atom is 0.269 e. The van der Waals surface area contributed by atoms with Crippen LogP contribution >= 0.6 is 24.0 Å². The second-order valence-electron chi connectivity index (χ2n) is 3.35. The van der Waals surface area contributed by atoms with Crippen molar-refractivity contribution in [1.82, 2.24) is 5.01 Å². The second-order valence-corrected chi connectivity index (χ2v) is 4.96. The van der Waals surface area contributed by atoms with E-state index in [-0.39, 0.29) is 11.6 Å². The van der Waals surface area contributed by atoms with E-state index in [9.17, 15) is 14.9 Å². The summed E-state index contributed by atoms with van der Waals surface area (Å²) in [7, 11) is 0. The van der Waals surface area contributed by atoms with Crippen LogP contribution in [0.2, 0.25) is 0 Å². The lowest BCUT2D eigenvalue weighted by Crippen LogP contribution is -2.22. The molecule has 0 saturated carbocycles. The molecule has 8 heteroatoms. The van der Waals surface area contributed by atoms with Gasteiger partial charge in [-0.05, 0) is 17.7 Å². The van der Waals surface area contributed by atoms with E-state index < -0.39 is 4.92 Å². The number of hydrazone groups is 1. The lowest BCUT2D eigenvalue weighted by atomic mass is 10.2. The highest BCUT2D eigenvalue weighted by molar-refractivity contribution is 8.23. The fourth-order valence-electron chi connectivity index (χ4n) is 1.27. The van der Waals surface area contributed by atoms with Crippen LogP contribution in [0, 0.1) is 10.1 Å². The van der Waals surface area contributed by atoms with Crippen molar-refractivity contribution in [3.8, 4) is 0 Å². The van der Waals surface area contributed by atoms with E-state index >= 15 is 0 Å². The molecule has 2 rings (SSSR count). The van der Waals surface area contributed by atoms with E-state index in [1.54, 1.807) is 12.1 Å². The highest BCUT2D eigenvalue weighted by Crippen LogP contribution is 2.19. The first kappa shape index (κ1) is 12.7. The van der Waals surface area contributed by atoms with Gasteiger partial charge in [-0.25, -0.2) is 0 Å². The van der Waals surface area contributed by atoms with Crippen LogP contribution in [-0.4, -0.2) is 32.1 Å². The van der Waals surface area contributed by atoms with Gasteiger partial charge < -0.3 is 0 Å². The summed E-state index contributed by atoms with van der Waals surface area (Å²) in [5.74, 6) is 0.138. The van der Waals surface area contributed by atoms with Crippen LogP contribution in [0.3, 0.4) is 0 Å². The number of non-ortho nitro benzene ring substituents is 1. The zero-order valence-corrected chi connectivity index (χ0v) is 10.6. The van der Waals surface area contributed by atoms with Gasteiger partial charge in [0.1, 0.15) is 0 Å². The number of carbonyl (C=O) groups is 1. The Kier molecular flexibility index (Phi) is 3.68. The molecule has 0 radical (unpaired) electrons. The van der Waals surface area contributed by atoms with Crippen LogP contribution in [0.15, 0.2) is 29.4 Å². The zero-order valence-electron chi connectivity index (χ0n) is 8.98. The third-order valence-electron chi connectivity index (χ3n) is 2.15. The molecule has 92 valence electrons. The van der Waals surface area contributed by atoms with Gasteiger partial charge in [0, 0.05) is 12.1 Å². The van der Waals surface area contributed by atoms with E-state index in [0.717, 1.165) is 5.01 Å². The molecule has 1 aliphatic heterocycles. The van der Waals surface area contributed by atoms with Gasteiger partial charge in [-0.3, -0.25) is 14.9 Å². The number of hydrogen-bond acceptors (Lipinski definition) is 6. The highest BCUT2D eigenvalue weighted by atomic mass is 32.2. The lowest BCUT2D eigenvalue weighted by Gasteiger charge is -2.05. The molecule has 0 aromatic heterocycles. The van der Waals surface area contributed by atoms with Gasteiger partial charge in [-0.15, -0.1) is 0 Å². The highest BCUT2D eigenvalue weighted by Gasteiger charge is 2.25. The number of amides is 1. The summed E-state index contributed by atoms with van der Waals surface area (Å²) in [5, 5.41) is 15.6. The third kappa shape index (κ3) is 2.71. The van der Waals surface area contributed by atoms with E-state index in [2.05, 4.69) is 5.10 Å². The predicted molar refractivity (Wildman–Crippen MR) is 72.6 cm³/mol. The van der Waals surface area contributed by atoms with Crippen molar-refractivity contribution in [1.29, 1.82) is 0 Å². The minimum atomic E-state index is -0.476. The number of benzene rings is 1. The molecule has 0 unspecified atom stereocenters. The van der Waals surface area contributed by atoms with Crippen molar-refractivity contribution in [2.24, 2.45) is 5.10 Å². The minimum Gasteiger partial charge on any atom is -0.272 e. The van der Waals surface area contributed by atoms with Crippen LogP contribution in [0.25, 0.3) is 0 Å². The smallest absolute Gasteiger partial charge is 0.269 e. The molecule has 6 nitrogen and oxygen atoms in total. The standard InChI is InChI=1S/C10H7N3O3S2/c14-9-6-18-10(17)12(9)11-5-7-1-3-8(4-2-7)13(15)16/h1-5H,6H2/b11-5+. The molecule has 1 saturated heterocycles. The largest absolute Gasteiger partial charge is 0.272 e. The van der Waals surface area contributed by atoms with Crippen LogP contribution in [0.4, 0.5) is 5.69 Å². The molecule has 1 aromatic carbocycles. The fourth-order valence-corrected chi connectivity index (χ4v) is 2.23. The van der Waals surface area contributed by atoms with Crippen LogP contribution < -0.4 is 0 Å². The number of carbonyl (C=O) groups excluding carboxylic acids is 1. The van der Waals surface area contributed by atoms with Gasteiger partial charge in [0.05, 0.1) is 16.9 Å². The first-order valence-corrected chi connectivity index (χ1v) is 6.25. The van der Waals surface area contributed by atoms with Crippen molar-refractivity contribution in [2.45, 2.75) is 0 Å². The van der Waals surface area contributed by atoms with E-state index in [1.807, 2.05) is 0 Å². The number of nitrogens with zero attached hydrogens (tertiary/aromatic N) is 3. The Morgan fingerprint density at radius 2 is 2.11 bits per heavy atom. The monoisotopic (exact) mass is 281 g/mol. The number of hydrogen-bond donors (Lipinski definition) is 0. The van der Waals surface area contributed by atoms with Gasteiger partial charge in [0.25, 0.3) is 11.6 Å². The molecule has 1 aromatic rings. The van der Waals surface area contributed by atoms with Gasteiger partial charge in [0.2, 0.25) is 0 Å². The minimum absolute atomic E-state index is 0.00970. The normalized spacial score (nSPS) is 15.7. The molecule has 0 aliphatic carbocycles. The summed E-state index contributed by atoms with van der Waals surface area (Å²) in [6.07, 6.45) is 1.44. The Labute approximate surface area is 112 Å². The summed E-state index contributed by atoms with van der Waals surface area (Å²) in [4.78, 5) is 21.4. The SMILES string of the molecule is O=C1CSC(=S)N1/N=C/c1ccc([N+](=O)[O-])cc1. The summed E-state index contributed by atoms with van der Waals surface area (Å²) < 4.78 is 0.415. The van der Waals surface area contributed by atoms with E-state index in [0.29, 0.717) is 15.6 Å². The first-order chi connectivity index (χ1) is 8.58. The predicted octanol–water partition coefficient (Wildman–Crippen LogP) is 1.79. The number of thioether (sulfide) groups is 1. The summed E-state index contributed by atoms with van der Waals surface area (Å²) in [6, 6.07) is 5.86. The van der Waals surface area contributed by atoms with Crippen molar-refractivity contribution in [2.75, 3.05) is 5.75 Å². The summed E-state index contributed by atoms with van der Waals surface area (Å²) >= 11 is 6.21. The third-order valence-corrected chi connectivity index (χ3v) is 3.49. The topological polar surface area (TPSA) is 75.8 Å². The van der Waals surface area contributed by atoms with Gasteiger partial charge in [-0.2, -0.15) is 10.1 Å². The van der Waals surface area contributed by atoms with Crippen molar-refractivity contribution >= 4 is 46.1 Å². The first-order valence-electron chi connectivity index (χ1n) is 4.86. The maximum absolute atomic E-state index is 11.4. The molecule has 0 bridgehead atoms. The molecule has 18 heavy (non-hydrogen) atoms. The molecule has 1 amide bonds. The summed E-state index contributed by atoms with van der Waals surface area (Å²) in [6.45, 7) is 0. The van der Waals surface area contributed by atoms with Crippen molar-refractivity contribution in [3.63, 3.8) is 0 Å². The average molecular weight is 281 g/mol. The van der Waals surface area contributed by atoms with Gasteiger partial charge in [0.15, 0.2) is 4.32 Å².